The van der Waals surface area contributed by atoms with Gasteiger partial charge in [0.1, 0.15) is 5.75 Å². The molecule has 100 valence electrons. The lowest BCUT2D eigenvalue weighted by atomic mass is 10.2. The summed E-state index contributed by atoms with van der Waals surface area (Å²) in [6.45, 7) is 3.10. The maximum Gasteiger partial charge on any atom is 0.234 e. The molecule has 0 spiro atoms. The minimum Gasteiger partial charge on any atom is -0.506 e. The van der Waals surface area contributed by atoms with Gasteiger partial charge in [0.05, 0.1) is 11.6 Å². The maximum absolute atomic E-state index is 11.4. The molecule has 1 rings (SSSR count). The van der Waals surface area contributed by atoms with Crippen molar-refractivity contribution in [3.8, 4) is 5.75 Å². The lowest BCUT2D eigenvalue weighted by Gasteiger charge is -2.17. The zero-order chi connectivity index (χ0) is 13.7. The molecule has 1 amide bonds. The topological polar surface area (TPSA) is 52.6 Å². The van der Waals surface area contributed by atoms with Crippen molar-refractivity contribution in [2.45, 2.75) is 13.5 Å². The Balaban J connectivity index is 2.70. The molecule has 0 bridgehead atoms. The molecule has 0 heterocycles. The van der Waals surface area contributed by atoms with Crippen LogP contribution in [0.15, 0.2) is 12.1 Å². The van der Waals surface area contributed by atoms with E-state index in [0.29, 0.717) is 23.7 Å². The van der Waals surface area contributed by atoms with Crippen molar-refractivity contribution >= 4 is 29.1 Å². The SMILES string of the molecule is CCNC(=O)CN(C)Cc1cc(Cl)cc(Cl)c1O. The van der Waals surface area contributed by atoms with Crippen molar-refractivity contribution in [3.63, 3.8) is 0 Å². The minimum atomic E-state index is -0.0624. The second-order valence-corrected chi connectivity index (χ2v) is 4.86. The van der Waals surface area contributed by atoms with E-state index in [-0.39, 0.29) is 23.2 Å². The second-order valence-electron chi connectivity index (χ2n) is 4.02. The van der Waals surface area contributed by atoms with Crippen molar-refractivity contribution in [2.75, 3.05) is 20.1 Å². The number of rotatable bonds is 5. The quantitative estimate of drug-likeness (QED) is 0.875. The van der Waals surface area contributed by atoms with Crippen molar-refractivity contribution in [1.82, 2.24) is 10.2 Å². The summed E-state index contributed by atoms with van der Waals surface area (Å²) in [5, 5.41) is 13.2. The first-order valence-electron chi connectivity index (χ1n) is 5.56. The normalized spacial score (nSPS) is 10.7. The fourth-order valence-electron chi connectivity index (χ4n) is 1.58. The van der Waals surface area contributed by atoms with Gasteiger partial charge in [-0.05, 0) is 26.1 Å². The van der Waals surface area contributed by atoms with Crippen LogP contribution in [0, 0.1) is 0 Å². The van der Waals surface area contributed by atoms with Gasteiger partial charge >= 0.3 is 0 Å². The van der Waals surface area contributed by atoms with Crippen LogP contribution in [0.2, 0.25) is 10.0 Å². The summed E-state index contributed by atoms with van der Waals surface area (Å²) in [6, 6.07) is 3.11. The van der Waals surface area contributed by atoms with Crippen LogP contribution in [-0.4, -0.2) is 36.1 Å². The van der Waals surface area contributed by atoms with Crippen LogP contribution < -0.4 is 5.32 Å². The monoisotopic (exact) mass is 290 g/mol. The molecule has 18 heavy (non-hydrogen) atoms. The zero-order valence-electron chi connectivity index (χ0n) is 10.3. The molecule has 2 N–H and O–H groups in total. The largest absolute Gasteiger partial charge is 0.506 e. The Morgan fingerprint density at radius 3 is 2.72 bits per heavy atom. The smallest absolute Gasteiger partial charge is 0.234 e. The third kappa shape index (κ3) is 4.37. The number of carbonyl (C=O) groups excluding carboxylic acids is 1. The van der Waals surface area contributed by atoms with Gasteiger partial charge in [-0.3, -0.25) is 9.69 Å². The fourth-order valence-corrected chi connectivity index (χ4v) is 2.12. The van der Waals surface area contributed by atoms with E-state index in [9.17, 15) is 9.90 Å². The van der Waals surface area contributed by atoms with Gasteiger partial charge in [0.25, 0.3) is 0 Å². The van der Waals surface area contributed by atoms with Gasteiger partial charge in [0.15, 0.2) is 0 Å². The lowest BCUT2D eigenvalue weighted by Crippen LogP contribution is -2.34. The molecule has 0 radical (unpaired) electrons. The predicted octanol–water partition coefficient (Wildman–Crippen LogP) is 2.27. The number of aromatic hydroxyl groups is 1. The summed E-state index contributed by atoms with van der Waals surface area (Å²) in [5.74, 6) is -0.0589. The Bertz CT molecular complexity index is 438. The lowest BCUT2D eigenvalue weighted by molar-refractivity contribution is -0.121. The first kappa shape index (κ1) is 15.1. The van der Waals surface area contributed by atoms with Crippen LogP contribution in [-0.2, 0) is 11.3 Å². The van der Waals surface area contributed by atoms with Crippen LogP contribution in [0.5, 0.6) is 5.75 Å². The first-order valence-corrected chi connectivity index (χ1v) is 6.31. The highest BCUT2D eigenvalue weighted by atomic mass is 35.5. The van der Waals surface area contributed by atoms with Gasteiger partial charge in [-0.1, -0.05) is 23.2 Å². The summed E-state index contributed by atoms with van der Waals surface area (Å²) in [4.78, 5) is 13.2. The van der Waals surface area contributed by atoms with E-state index in [2.05, 4.69) is 5.32 Å². The first-order chi connectivity index (χ1) is 8.43. The van der Waals surface area contributed by atoms with Crippen LogP contribution in [0.4, 0.5) is 0 Å². The van der Waals surface area contributed by atoms with Crippen LogP contribution >= 0.6 is 23.2 Å². The molecule has 0 aliphatic rings. The zero-order valence-corrected chi connectivity index (χ0v) is 11.8. The minimum absolute atomic E-state index is 0.00353. The summed E-state index contributed by atoms with van der Waals surface area (Å²) in [5.41, 5.74) is 0.597. The Kier molecular flexibility index (Phi) is 5.72. The van der Waals surface area contributed by atoms with Crippen LogP contribution in [0.25, 0.3) is 0 Å². The molecule has 4 nitrogen and oxygen atoms in total. The number of phenols is 1. The van der Waals surface area contributed by atoms with Crippen LogP contribution in [0.3, 0.4) is 0 Å². The van der Waals surface area contributed by atoms with Gasteiger partial charge in [-0.2, -0.15) is 0 Å². The maximum atomic E-state index is 11.4. The molecule has 0 saturated carbocycles. The molecule has 0 unspecified atom stereocenters. The average Bonchev–Trinajstić information content (AvgIpc) is 2.25. The number of benzene rings is 1. The summed E-state index contributed by atoms with van der Waals surface area (Å²) in [6.07, 6.45) is 0. The van der Waals surface area contributed by atoms with Crippen molar-refractivity contribution in [1.29, 1.82) is 0 Å². The molecule has 0 aliphatic heterocycles. The summed E-state index contributed by atoms with van der Waals surface area (Å²) in [7, 11) is 1.78. The van der Waals surface area contributed by atoms with Gasteiger partial charge in [-0.25, -0.2) is 0 Å². The third-order valence-electron chi connectivity index (χ3n) is 2.33. The highest BCUT2D eigenvalue weighted by Gasteiger charge is 2.12. The number of carbonyl (C=O) groups is 1. The van der Waals surface area contributed by atoms with E-state index in [1.165, 1.54) is 6.07 Å². The van der Waals surface area contributed by atoms with E-state index in [1.54, 1.807) is 18.0 Å². The highest BCUT2D eigenvalue weighted by Crippen LogP contribution is 2.31. The average molecular weight is 291 g/mol. The molecule has 0 saturated heterocycles. The fraction of sp³-hybridized carbons (Fsp3) is 0.417. The molecular weight excluding hydrogens is 275 g/mol. The van der Waals surface area contributed by atoms with Gasteiger partial charge < -0.3 is 10.4 Å². The number of halogens is 2. The Morgan fingerprint density at radius 2 is 2.11 bits per heavy atom. The third-order valence-corrected chi connectivity index (χ3v) is 2.84. The summed E-state index contributed by atoms with van der Waals surface area (Å²) < 4.78 is 0. The predicted molar refractivity (Wildman–Crippen MR) is 73.1 cm³/mol. The molecule has 0 atom stereocenters. The number of hydrogen-bond acceptors (Lipinski definition) is 3. The number of nitrogens with one attached hydrogen (secondary N) is 1. The highest BCUT2D eigenvalue weighted by molar-refractivity contribution is 6.35. The Labute approximate surface area is 116 Å². The number of amides is 1. The van der Waals surface area contributed by atoms with Gasteiger partial charge in [-0.15, -0.1) is 0 Å². The Morgan fingerprint density at radius 1 is 1.44 bits per heavy atom. The molecule has 0 aromatic heterocycles. The molecule has 1 aromatic rings. The standard InChI is InChI=1S/C12H16Cl2N2O2/c1-3-15-11(17)7-16(2)6-8-4-9(13)5-10(14)12(8)18/h4-5,18H,3,6-7H2,1-2H3,(H,15,17). The van der Waals surface area contributed by atoms with Gasteiger partial charge in [0.2, 0.25) is 5.91 Å². The second kappa shape index (κ2) is 6.83. The number of nitrogens with zero attached hydrogens (tertiary/aromatic N) is 1. The Hall–Kier alpha value is -0.970. The number of hydrogen-bond donors (Lipinski definition) is 2. The number of likely N-dealkylation sites (N-methyl/N-ethyl adjacent to an activating group) is 2. The van der Waals surface area contributed by atoms with E-state index in [4.69, 9.17) is 23.2 Å². The van der Waals surface area contributed by atoms with Crippen molar-refractivity contribution in [3.05, 3.63) is 27.7 Å². The molecule has 1 aromatic carbocycles. The van der Waals surface area contributed by atoms with E-state index in [0.717, 1.165) is 0 Å². The molecule has 0 fully saturated rings. The molecule has 0 aliphatic carbocycles. The van der Waals surface area contributed by atoms with Crippen molar-refractivity contribution < 1.29 is 9.90 Å². The van der Waals surface area contributed by atoms with E-state index < -0.39 is 0 Å². The molecule has 6 heteroatoms. The van der Waals surface area contributed by atoms with E-state index in [1.807, 2.05) is 6.92 Å². The summed E-state index contributed by atoms with van der Waals surface area (Å²) >= 11 is 11.7. The number of phenolic OH excluding ortho intramolecular Hbond substituents is 1. The van der Waals surface area contributed by atoms with Crippen molar-refractivity contribution in [2.24, 2.45) is 0 Å². The van der Waals surface area contributed by atoms with Crippen LogP contribution in [0.1, 0.15) is 12.5 Å². The van der Waals surface area contributed by atoms with E-state index >= 15 is 0 Å². The van der Waals surface area contributed by atoms with Gasteiger partial charge in [0, 0.05) is 23.7 Å². The molecular formula is C12H16Cl2N2O2.